The predicted octanol–water partition coefficient (Wildman–Crippen LogP) is 4.90. The molecule has 0 bridgehead atoms. The number of methoxy groups -OCH3 is 1. The highest BCUT2D eigenvalue weighted by Gasteiger charge is 2.25. The fraction of sp³-hybridized carbons (Fsp3) is 0.0800. The van der Waals surface area contributed by atoms with Crippen LogP contribution in [0.2, 0.25) is 0 Å². The van der Waals surface area contributed by atoms with E-state index >= 15 is 0 Å². The van der Waals surface area contributed by atoms with Gasteiger partial charge in [-0.15, -0.1) is 0 Å². The number of carbonyl (C=O) groups excluding carboxylic acids is 2. The van der Waals surface area contributed by atoms with Crippen molar-refractivity contribution in [1.29, 1.82) is 5.26 Å². The molecule has 34 heavy (non-hydrogen) atoms. The molecule has 170 valence electrons. The summed E-state index contributed by atoms with van der Waals surface area (Å²) >= 11 is 0. The monoisotopic (exact) mass is 458 g/mol. The number of nitrogens with one attached hydrogen (secondary N) is 2. The van der Waals surface area contributed by atoms with Crippen LogP contribution in [-0.4, -0.2) is 23.5 Å². The van der Waals surface area contributed by atoms with Crippen LogP contribution in [0.3, 0.4) is 0 Å². The lowest BCUT2D eigenvalue weighted by molar-refractivity contribution is 0.101. The number of aryl methyl sites for hydroxylation is 1. The molecule has 0 spiro atoms. The van der Waals surface area contributed by atoms with Crippen molar-refractivity contribution in [1.82, 2.24) is 4.57 Å². The molecule has 4 rings (SSSR count). The number of anilines is 2. The molecule has 0 atom stereocenters. The van der Waals surface area contributed by atoms with Gasteiger partial charge in [0.25, 0.3) is 11.8 Å². The predicted molar refractivity (Wildman–Crippen MR) is 123 cm³/mol. The summed E-state index contributed by atoms with van der Waals surface area (Å²) in [4.78, 5) is 25.6. The lowest BCUT2D eigenvalue weighted by Gasteiger charge is -2.13. The Bertz CT molecular complexity index is 1420. The number of nitriles is 1. The number of halogens is 1. The number of furan rings is 1. The molecule has 8 nitrogen and oxygen atoms in total. The van der Waals surface area contributed by atoms with Crippen molar-refractivity contribution < 1.29 is 23.1 Å². The highest BCUT2D eigenvalue weighted by atomic mass is 19.1. The van der Waals surface area contributed by atoms with E-state index in [0.29, 0.717) is 11.4 Å². The lowest BCUT2D eigenvalue weighted by Crippen LogP contribution is -2.16. The van der Waals surface area contributed by atoms with Gasteiger partial charge in [-0.05, 0) is 55.5 Å². The number of rotatable bonds is 6. The molecule has 0 fully saturated rings. The average Bonchev–Trinajstić information content (AvgIpc) is 3.46. The van der Waals surface area contributed by atoms with E-state index in [1.165, 1.54) is 31.4 Å². The summed E-state index contributed by atoms with van der Waals surface area (Å²) in [7, 11) is 1.43. The average molecular weight is 458 g/mol. The van der Waals surface area contributed by atoms with E-state index in [2.05, 4.69) is 10.6 Å². The molecule has 0 saturated heterocycles. The van der Waals surface area contributed by atoms with Crippen LogP contribution >= 0.6 is 0 Å². The molecule has 4 aromatic rings. The van der Waals surface area contributed by atoms with Crippen molar-refractivity contribution in [2.45, 2.75) is 6.92 Å². The number of ether oxygens (including phenoxy) is 1. The van der Waals surface area contributed by atoms with Crippen LogP contribution in [0.15, 0.2) is 71.4 Å². The zero-order valence-electron chi connectivity index (χ0n) is 18.3. The van der Waals surface area contributed by atoms with Gasteiger partial charge in [0.1, 0.15) is 34.5 Å². The Morgan fingerprint density at radius 1 is 1.06 bits per heavy atom. The quantitative estimate of drug-likeness (QED) is 0.427. The van der Waals surface area contributed by atoms with Crippen LogP contribution in [0.5, 0.6) is 5.75 Å². The molecular weight excluding hydrogens is 439 g/mol. The minimum absolute atomic E-state index is 0.0966. The SMILES string of the molecule is COc1ccc(NC(=O)c2c(C)oc(-n3cccc3)c2C#N)cc1NC(=O)c1cccc(F)c1. The molecule has 2 amide bonds. The van der Waals surface area contributed by atoms with E-state index in [4.69, 9.17) is 9.15 Å². The number of amides is 2. The van der Waals surface area contributed by atoms with Crippen LogP contribution in [0, 0.1) is 24.1 Å². The van der Waals surface area contributed by atoms with Gasteiger partial charge < -0.3 is 19.8 Å². The fourth-order valence-electron chi connectivity index (χ4n) is 3.46. The van der Waals surface area contributed by atoms with Gasteiger partial charge in [-0.25, -0.2) is 4.39 Å². The Balaban J connectivity index is 1.61. The van der Waals surface area contributed by atoms with Gasteiger partial charge in [-0.1, -0.05) is 6.07 Å². The highest BCUT2D eigenvalue weighted by Crippen LogP contribution is 2.30. The molecule has 0 aliphatic rings. The van der Waals surface area contributed by atoms with E-state index in [-0.39, 0.29) is 34.0 Å². The molecule has 2 aromatic heterocycles. The first kappa shape index (κ1) is 22.4. The minimum atomic E-state index is -0.552. The lowest BCUT2D eigenvalue weighted by atomic mass is 10.1. The Hall–Kier alpha value is -4.84. The number of nitrogens with zero attached hydrogens (tertiary/aromatic N) is 2. The molecule has 0 radical (unpaired) electrons. The number of aromatic nitrogens is 1. The van der Waals surface area contributed by atoms with Crippen molar-refractivity contribution in [3.8, 4) is 17.7 Å². The van der Waals surface area contributed by atoms with Crippen molar-refractivity contribution in [3.05, 3.63) is 95.3 Å². The van der Waals surface area contributed by atoms with Gasteiger partial charge in [0, 0.05) is 23.6 Å². The van der Waals surface area contributed by atoms with Crippen LogP contribution in [0.25, 0.3) is 5.88 Å². The standard InChI is InChI=1S/C25H19FN4O4/c1-15-22(19(14-27)25(34-15)30-10-3-4-11-30)24(32)28-18-8-9-21(33-2)20(13-18)29-23(31)16-6-5-7-17(26)12-16/h3-13H,1-2H3,(H,28,32)(H,29,31). The van der Waals surface area contributed by atoms with Gasteiger partial charge in [-0.2, -0.15) is 5.26 Å². The number of benzene rings is 2. The maximum atomic E-state index is 13.5. The van der Waals surface area contributed by atoms with Crippen molar-refractivity contribution in [2.24, 2.45) is 0 Å². The summed E-state index contributed by atoms with van der Waals surface area (Å²) < 4.78 is 26.1. The van der Waals surface area contributed by atoms with Gasteiger partial charge in [0.2, 0.25) is 5.88 Å². The van der Waals surface area contributed by atoms with E-state index in [0.717, 1.165) is 6.07 Å². The van der Waals surface area contributed by atoms with E-state index in [1.807, 2.05) is 6.07 Å². The normalized spacial score (nSPS) is 10.4. The third kappa shape index (κ3) is 4.38. The van der Waals surface area contributed by atoms with Crippen molar-refractivity contribution >= 4 is 23.2 Å². The minimum Gasteiger partial charge on any atom is -0.495 e. The number of hydrogen-bond donors (Lipinski definition) is 2. The molecule has 0 saturated carbocycles. The molecule has 2 N–H and O–H groups in total. The zero-order chi connectivity index (χ0) is 24.2. The second kappa shape index (κ2) is 9.34. The summed E-state index contributed by atoms with van der Waals surface area (Å²) in [5.41, 5.74) is 0.938. The molecular formula is C25H19FN4O4. The largest absolute Gasteiger partial charge is 0.495 e. The van der Waals surface area contributed by atoms with E-state index in [1.54, 1.807) is 48.1 Å². The molecule has 2 aromatic carbocycles. The summed E-state index contributed by atoms with van der Waals surface area (Å²) in [5.74, 6) is -0.767. The number of hydrogen-bond acceptors (Lipinski definition) is 5. The Kier molecular flexibility index (Phi) is 6.14. The fourth-order valence-corrected chi connectivity index (χ4v) is 3.46. The smallest absolute Gasteiger partial charge is 0.260 e. The zero-order valence-corrected chi connectivity index (χ0v) is 18.3. The highest BCUT2D eigenvalue weighted by molar-refractivity contribution is 6.08. The van der Waals surface area contributed by atoms with Crippen LogP contribution in [0.1, 0.15) is 32.0 Å². The molecule has 0 aliphatic heterocycles. The molecule has 9 heteroatoms. The maximum Gasteiger partial charge on any atom is 0.260 e. The van der Waals surface area contributed by atoms with Gasteiger partial charge in [0.05, 0.1) is 12.8 Å². The molecule has 0 unspecified atom stereocenters. The Morgan fingerprint density at radius 2 is 1.82 bits per heavy atom. The Labute approximate surface area is 194 Å². The summed E-state index contributed by atoms with van der Waals surface area (Å²) in [5, 5.41) is 15.1. The van der Waals surface area contributed by atoms with Gasteiger partial charge in [0.15, 0.2) is 0 Å². The maximum absolute atomic E-state index is 13.5. The second-order valence-electron chi connectivity index (χ2n) is 7.25. The van der Waals surface area contributed by atoms with Crippen LogP contribution in [-0.2, 0) is 0 Å². The Morgan fingerprint density at radius 3 is 2.50 bits per heavy atom. The van der Waals surface area contributed by atoms with E-state index < -0.39 is 17.6 Å². The number of carbonyl (C=O) groups is 2. The first-order valence-electron chi connectivity index (χ1n) is 10.1. The first-order chi connectivity index (χ1) is 16.4. The second-order valence-corrected chi connectivity index (χ2v) is 7.25. The van der Waals surface area contributed by atoms with E-state index in [9.17, 15) is 19.2 Å². The third-order valence-electron chi connectivity index (χ3n) is 5.04. The molecule has 2 heterocycles. The van der Waals surface area contributed by atoms with Crippen LogP contribution in [0.4, 0.5) is 15.8 Å². The summed E-state index contributed by atoms with van der Waals surface area (Å²) in [6.07, 6.45) is 3.41. The first-order valence-corrected chi connectivity index (χ1v) is 10.1. The van der Waals surface area contributed by atoms with Gasteiger partial charge in [-0.3, -0.25) is 14.2 Å². The summed E-state index contributed by atoms with van der Waals surface area (Å²) in [6.45, 7) is 1.60. The van der Waals surface area contributed by atoms with Crippen molar-refractivity contribution in [3.63, 3.8) is 0 Å². The summed E-state index contributed by atoms with van der Waals surface area (Å²) in [6, 6.07) is 15.5. The van der Waals surface area contributed by atoms with Gasteiger partial charge >= 0.3 is 0 Å². The van der Waals surface area contributed by atoms with Crippen molar-refractivity contribution in [2.75, 3.05) is 17.7 Å². The van der Waals surface area contributed by atoms with Crippen LogP contribution < -0.4 is 15.4 Å². The topological polar surface area (TPSA) is 109 Å². The third-order valence-corrected chi connectivity index (χ3v) is 5.04. The molecule has 0 aliphatic carbocycles.